The molecule has 0 aliphatic carbocycles. The molecule has 1 aromatic carbocycles. The Bertz CT molecular complexity index is 711. The van der Waals surface area contributed by atoms with Gasteiger partial charge in [0.15, 0.2) is 0 Å². The molecule has 1 amide bonds. The summed E-state index contributed by atoms with van der Waals surface area (Å²) in [5, 5.41) is 3.53. The second-order valence-corrected chi connectivity index (χ2v) is 6.48. The summed E-state index contributed by atoms with van der Waals surface area (Å²) in [6.45, 7) is 2.67. The average molecular weight is 295 g/mol. The van der Waals surface area contributed by atoms with E-state index in [2.05, 4.69) is 29.6 Å². The first-order valence-corrected chi connectivity index (χ1v) is 7.94. The molecule has 0 atom stereocenters. The molecule has 4 rings (SSSR count). The zero-order valence-electron chi connectivity index (χ0n) is 12.9. The number of rotatable bonds is 1. The van der Waals surface area contributed by atoms with Crippen molar-refractivity contribution in [2.45, 2.75) is 18.3 Å². The zero-order valence-corrected chi connectivity index (χ0v) is 12.9. The normalized spacial score (nSPS) is 19.0. The number of aromatic nitrogens is 1. The Balaban J connectivity index is 1.52. The van der Waals surface area contributed by atoms with Gasteiger partial charge >= 0.3 is 0 Å². The van der Waals surface area contributed by atoms with Crippen molar-refractivity contribution in [2.75, 3.05) is 25.0 Å². The van der Waals surface area contributed by atoms with Crippen LogP contribution in [-0.2, 0) is 12.5 Å². The summed E-state index contributed by atoms with van der Waals surface area (Å²) in [7, 11) is 1.93. The van der Waals surface area contributed by atoms with Crippen molar-refractivity contribution in [3.05, 3.63) is 53.9 Å². The lowest BCUT2D eigenvalue weighted by molar-refractivity contribution is 0.0666. The van der Waals surface area contributed by atoms with Gasteiger partial charge in [0.05, 0.1) is 0 Å². The summed E-state index contributed by atoms with van der Waals surface area (Å²) in [6.07, 6.45) is 4.00. The zero-order chi connectivity index (χ0) is 15.2. The van der Waals surface area contributed by atoms with Crippen LogP contribution in [0, 0.1) is 0 Å². The van der Waals surface area contributed by atoms with Crippen molar-refractivity contribution in [3.63, 3.8) is 0 Å². The lowest BCUT2D eigenvalue weighted by atomic mass is 9.74. The number of aryl methyl sites for hydroxylation is 1. The predicted octanol–water partition coefficient (Wildman–Crippen LogP) is 2.62. The van der Waals surface area contributed by atoms with Gasteiger partial charge in [0, 0.05) is 44.0 Å². The fourth-order valence-electron chi connectivity index (χ4n) is 3.89. The first-order chi connectivity index (χ1) is 10.7. The number of carbonyl (C=O) groups excluding carboxylic acids is 1. The monoisotopic (exact) mass is 295 g/mol. The maximum absolute atomic E-state index is 12.6. The highest BCUT2D eigenvalue weighted by Gasteiger charge is 2.42. The van der Waals surface area contributed by atoms with Gasteiger partial charge in [-0.3, -0.25) is 4.79 Å². The molecule has 1 spiro atoms. The summed E-state index contributed by atoms with van der Waals surface area (Å²) in [5.41, 5.74) is 3.69. The number of amides is 1. The summed E-state index contributed by atoms with van der Waals surface area (Å²) < 4.78 is 1.90. The lowest BCUT2D eigenvalue weighted by Gasteiger charge is -2.39. The molecule has 0 unspecified atom stereocenters. The Labute approximate surface area is 130 Å². The van der Waals surface area contributed by atoms with Gasteiger partial charge in [-0.05, 0) is 36.6 Å². The molecule has 0 bridgehead atoms. The minimum atomic E-state index is 0.154. The minimum Gasteiger partial charge on any atom is -0.384 e. The fraction of sp³-hybridized carbons (Fsp3) is 0.389. The second kappa shape index (κ2) is 4.90. The van der Waals surface area contributed by atoms with Crippen LogP contribution in [0.25, 0.3) is 0 Å². The molecule has 3 heterocycles. The number of nitrogens with zero attached hydrogens (tertiary/aromatic N) is 2. The maximum atomic E-state index is 12.6. The van der Waals surface area contributed by atoms with Gasteiger partial charge in [0.2, 0.25) is 0 Å². The Morgan fingerprint density at radius 1 is 1.14 bits per heavy atom. The van der Waals surface area contributed by atoms with Crippen molar-refractivity contribution < 1.29 is 4.79 Å². The van der Waals surface area contributed by atoms with E-state index in [0.717, 1.165) is 38.2 Å². The van der Waals surface area contributed by atoms with E-state index in [-0.39, 0.29) is 11.3 Å². The number of para-hydroxylation sites is 1. The van der Waals surface area contributed by atoms with Crippen molar-refractivity contribution in [3.8, 4) is 0 Å². The molecule has 22 heavy (non-hydrogen) atoms. The van der Waals surface area contributed by atoms with Crippen LogP contribution in [0.3, 0.4) is 0 Å². The van der Waals surface area contributed by atoms with E-state index in [4.69, 9.17) is 0 Å². The van der Waals surface area contributed by atoms with Crippen LogP contribution in [0.5, 0.6) is 0 Å². The highest BCUT2D eigenvalue weighted by Crippen LogP contribution is 2.43. The van der Waals surface area contributed by atoms with Crippen molar-refractivity contribution in [1.82, 2.24) is 9.47 Å². The van der Waals surface area contributed by atoms with Crippen molar-refractivity contribution in [2.24, 2.45) is 7.05 Å². The van der Waals surface area contributed by atoms with Crippen LogP contribution in [-0.4, -0.2) is 35.0 Å². The first kappa shape index (κ1) is 13.4. The van der Waals surface area contributed by atoms with Gasteiger partial charge in [0.1, 0.15) is 5.69 Å². The molecule has 4 heteroatoms. The molecular weight excluding hydrogens is 274 g/mol. The van der Waals surface area contributed by atoms with Gasteiger partial charge in [-0.15, -0.1) is 0 Å². The maximum Gasteiger partial charge on any atom is 0.270 e. The number of likely N-dealkylation sites (tertiary alicyclic amines) is 1. The summed E-state index contributed by atoms with van der Waals surface area (Å²) in [4.78, 5) is 14.6. The quantitative estimate of drug-likeness (QED) is 0.878. The second-order valence-electron chi connectivity index (χ2n) is 6.48. The summed E-state index contributed by atoms with van der Waals surface area (Å²) in [5.74, 6) is 0.154. The third kappa shape index (κ3) is 1.94. The van der Waals surface area contributed by atoms with Crippen LogP contribution < -0.4 is 5.32 Å². The molecular formula is C18H21N3O. The van der Waals surface area contributed by atoms with Crippen LogP contribution in [0.2, 0.25) is 0 Å². The molecule has 1 aromatic heterocycles. The number of hydrogen-bond donors (Lipinski definition) is 1. The van der Waals surface area contributed by atoms with E-state index < -0.39 is 0 Å². The van der Waals surface area contributed by atoms with E-state index >= 15 is 0 Å². The van der Waals surface area contributed by atoms with E-state index in [1.165, 1.54) is 11.3 Å². The van der Waals surface area contributed by atoms with E-state index in [0.29, 0.717) is 0 Å². The van der Waals surface area contributed by atoms with Crippen molar-refractivity contribution in [1.29, 1.82) is 0 Å². The smallest absolute Gasteiger partial charge is 0.270 e. The molecule has 1 fully saturated rings. The topological polar surface area (TPSA) is 37.3 Å². The highest BCUT2D eigenvalue weighted by molar-refractivity contribution is 5.92. The lowest BCUT2D eigenvalue weighted by Crippen LogP contribution is -2.46. The molecule has 2 aliphatic heterocycles. The Hall–Kier alpha value is -2.23. The highest BCUT2D eigenvalue weighted by atomic mass is 16.2. The largest absolute Gasteiger partial charge is 0.384 e. The van der Waals surface area contributed by atoms with E-state index in [1.807, 2.05) is 34.8 Å². The number of piperidine rings is 1. The van der Waals surface area contributed by atoms with Gasteiger partial charge in [-0.2, -0.15) is 0 Å². The average Bonchev–Trinajstić information content (AvgIpc) is 3.13. The Morgan fingerprint density at radius 3 is 2.64 bits per heavy atom. The predicted molar refractivity (Wildman–Crippen MR) is 87.2 cm³/mol. The Kier molecular flexibility index (Phi) is 2.99. The van der Waals surface area contributed by atoms with E-state index in [1.54, 1.807) is 0 Å². The third-order valence-corrected chi connectivity index (χ3v) is 5.29. The number of nitrogens with one attached hydrogen (secondary N) is 1. The number of fused-ring (bicyclic) bond motifs is 2. The molecule has 0 radical (unpaired) electrons. The van der Waals surface area contributed by atoms with Gasteiger partial charge in [0.25, 0.3) is 5.91 Å². The van der Waals surface area contributed by atoms with Crippen LogP contribution in [0.4, 0.5) is 5.69 Å². The summed E-state index contributed by atoms with van der Waals surface area (Å²) in [6, 6.07) is 12.4. The van der Waals surface area contributed by atoms with Crippen LogP contribution in [0.1, 0.15) is 28.9 Å². The first-order valence-electron chi connectivity index (χ1n) is 7.94. The molecule has 2 aromatic rings. The summed E-state index contributed by atoms with van der Waals surface area (Å²) >= 11 is 0. The van der Waals surface area contributed by atoms with Gasteiger partial charge in [-0.1, -0.05) is 18.2 Å². The molecule has 2 aliphatic rings. The van der Waals surface area contributed by atoms with Crippen LogP contribution >= 0.6 is 0 Å². The standard InChI is InChI=1S/C18H21N3O/c1-20-10-4-7-16(20)17(22)21-11-8-18(9-12-21)13-19-15-6-3-2-5-14(15)18/h2-7,10,19H,8-9,11-13H2,1H3. The van der Waals surface area contributed by atoms with Gasteiger partial charge in [-0.25, -0.2) is 0 Å². The molecule has 4 nitrogen and oxygen atoms in total. The number of hydrogen-bond acceptors (Lipinski definition) is 2. The van der Waals surface area contributed by atoms with E-state index in [9.17, 15) is 4.79 Å². The SMILES string of the molecule is Cn1cccc1C(=O)N1CCC2(CC1)CNc1ccccc12. The third-order valence-electron chi connectivity index (χ3n) is 5.29. The molecule has 1 saturated heterocycles. The molecule has 1 N–H and O–H groups in total. The van der Waals surface area contributed by atoms with Crippen molar-refractivity contribution >= 4 is 11.6 Å². The number of anilines is 1. The minimum absolute atomic E-state index is 0.154. The number of carbonyl (C=O) groups is 1. The molecule has 0 saturated carbocycles. The fourth-order valence-corrected chi connectivity index (χ4v) is 3.89. The Morgan fingerprint density at radius 2 is 1.91 bits per heavy atom. The van der Waals surface area contributed by atoms with Gasteiger partial charge < -0.3 is 14.8 Å². The molecule has 114 valence electrons. The van der Waals surface area contributed by atoms with Crippen LogP contribution in [0.15, 0.2) is 42.6 Å². The number of benzene rings is 1.